The number of fused-ring (bicyclic) bond motifs is 1. The molecule has 3 rings (SSSR count). The highest BCUT2D eigenvalue weighted by atomic mass is 79.9. The Balaban J connectivity index is 2.25. The highest BCUT2D eigenvalue weighted by molar-refractivity contribution is 9.11. The maximum Gasteiger partial charge on any atom is 0.329 e. The van der Waals surface area contributed by atoms with Gasteiger partial charge in [-0.2, -0.15) is 0 Å². The van der Waals surface area contributed by atoms with Crippen molar-refractivity contribution < 1.29 is 0 Å². The highest BCUT2D eigenvalue weighted by Gasteiger charge is 2.11. The molecule has 4 nitrogen and oxygen atoms in total. The van der Waals surface area contributed by atoms with Crippen LogP contribution in [0.3, 0.4) is 0 Å². The van der Waals surface area contributed by atoms with Crippen LogP contribution in [0.5, 0.6) is 0 Å². The van der Waals surface area contributed by atoms with Crippen molar-refractivity contribution in [2.24, 2.45) is 0 Å². The minimum absolute atomic E-state index is 0.244. The van der Waals surface area contributed by atoms with Crippen LogP contribution < -0.4 is 11.2 Å². The summed E-state index contributed by atoms with van der Waals surface area (Å²) in [5.74, 6) is 0. The molecule has 0 spiro atoms. The molecule has 0 atom stereocenters. The van der Waals surface area contributed by atoms with E-state index in [1.807, 2.05) is 30.3 Å². The van der Waals surface area contributed by atoms with Gasteiger partial charge in [0.2, 0.25) is 0 Å². The van der Waals surface area contributed by atoms with Gasteiger partial charge in [0.1, 0.15) is 0 Å². The van der Waals surface area contributed by atoms with Gasteiger partial charge >= 0.3 is 5.69 Å². The average Bonchev–Trinajstić information content (AvgIpc) is 2.43. The Kier molecular flexibility index (Phi) is 3.82. The lowest BCUT2D eigenvalue weighted by atomic mass is 10.2. The van der Waals surface area contributed by atoms with E-state index < -0.39 is 5.69 Å². The quantitative estimate of drug-likeness (QED) is 0.706. The molecule has 0 radical (unpaired) electrons. The van der Waals surface area contributed by atoms with E-state index in [0.29, 0.717) is 15.4 Å². The maximum absolute atomic E-state index is 12.6. The minimum Gasteiger partial charge on any atom is -0.307 e. The summed E-state index contributed by atoms with van der Waals surface area (Å²) >= 11 is 6.72. The first-order valence-corrected chi connectivity index (χ1v) is 7.80. The second-order valence-corrected chi connectivity index (χ2v) is 6.39. The normalized spacial score (nSPS) is 11.0. The van der Waals surface area contributed by atoms with E-state index in [1.165, 1.54) is 4.57 Å². The van der Waals surface area contributed by atoms with E-state index >= 15 is 0 Å². The van der Waals surface area contributed by atoms with Gasteiger partial charge in [-0.1, -0.05) is 46.3 Å². The summed E-state index contributed by atoms with van der Waals surface area (Å²) < 4.78 is 2.64. The van der Waals surface area contributed by atoms with Crippen molar-refractivity contribution in [3.63, 3.8) is 0 Å². The second kappa shape index (κ2) is 5.61. The summed E-state index contributed by atoms with van der Waals surface area (Å²) in [6.07, 6.45) is 0. The molecule has 0 fully saturated rings. The van der Waals surface area contributed by atoms with Gasteiger partial charge in [0.25, 0.3) is 5.56 Å². The van der Waals surface area contributed by atoms with E-state index in [2.05, 4.69) is 36.8 Å². The molecule has 0 unspecified atom stereocenters. The zero-order valence-electron chi connectivity index (χ0n) is 10.8. The van der Waals surface area contributed by atoms with Crippen LogP contribution in [0.2, 0.25) is 0 Å². The van der Waals surface area contributed by atoms with Crippen molar-refractivity contribution in [1.29, 1.82) is 0 Å². The van der Waals surface area contributed by atoms with Gasteiger partial charge in [-0.3, -0.25) is 9.36 Å². The van der Waals surface area contributed by atoms with E-state index in [-0.39, 0.29) is 12.1 Å². The molecule has 1 N–H and O–H groups in total. The predicted octanol–water partition coefficient (Wildman–Crippen LogP) is 3.26. The van der Waals surface area contributed by atoms with Gasteiger partial charge in [-0.05, 0) is 33.6 Å². The SMILES string of the molecule is O=c1[nH]c2cc(Br)cc(Br)c2c(=O)n1Cc1ccccc1. The minimum atomic E-state index is -0.415. The zero-order chi connectivity index (χ0) is 15.0. The Labute approximate surface area is 136 Å². The summed E-state index contributed by atoms with van der Waals surface area (Å²) in [6.45, 7) is 0.244. The number of rotatable bonds is 2. The van der Waals surface area contributed by atoms with E-state index in [4.69, 9.17) is 0 Å². The Bertz CT molecular complexity index is 930. The molecule has 2 aromatic carbocycles. The number of H-pyrrole nitrogens is 1. The van der Waals surface area contributed by atoms with Gasteiger partial charge in [0, 0.05) is 8.95 Å². The van der Waals surface area contributed by atoms with Gasteiger partial charge in [-0.25, -0.2) is 4.79 Å². The molecule has 1 aromatic heterocycles. The topological polar surface area (TPSA) is 54.9 Å². The van der Waals surface area contributed by atoms with Crippen molar-refractivity contribution in [2.45, 2.75) is 6.54 Å². The van der Waals surface area contributed by atoms with Crippen molar-refractivity contribution in [3.05, 3.63) is 77.8 Å². The van der Waals surface area contributed by atoms with Crippen molar-refractivity contribution in [2.75, 3.05) is 0 Å². The summed E-state index contributed by atoms with van der Waals surface area (Å²) in [5.41, 5.74) is 0.687. The molecule has 6 heteroatoms. The van der Waals surface area contributed by atoms with Crippen molar-refractivity contribution in [3.8, 4) is 0 Å². The second-order valence-electron chi connectivity index (χ2n) is 4.62. The summed E-state index contributed by atoms with van der Waals surface area (Å²) in [6, 6.07) is 12.9. The van der Waals surface area contributed by atoms with E-state index in [1.54, 1.807) is 12.1 Å². The maximum atomic E-state index is 12.6. The predicted molar refractivity (Wildman–Crippen MR) is 89.8 cm³/mol. The first-order valence-electron chi connectivity index (χ1n) is 6.22. The molecular weight excluding hydrogens is 400 g/mol. The fourth-order valence-corrected chi connectivity index (χ4v) is 3.60. The number of nitrogens with zero attached hydrogens (tertiary/aromatic N) is 1. The molecule has 0 amide bonds. The molecule has 106 valence electrons. The summed E-state index contributed by atoms with van der Waals surface area (Å²) in [4.78, 5) is 27.5. The van der Waals surface area contributed by atoms with E-state index in [9.17, 15) is 9.59 Å². The van der Waals surface area contributed by atoms with Crippen LogP contribution in [0.25, 0.3) is 10.9 Å². The monoisotopic (exact) mass is 408 g/mol. The number of aromatic nitrogens is 2. The van der Waals surface area contributed by atoms with E-state index in [0.717, 1.165) is 10.0 Å². The van der Waals surface area contributed by atoms with Crippen LogP contribution in [0, 0.1) is 0 Å². The molecule has 0 saturated carbocycles. The molecule has 0 aliphatic carbocycles. The molecule has 0 aliphatic rings. The summed E-state index contributed by atoms with van der Waals surface area (Å²) in [7, 11) is 0. The third-order valence-corrected chi connectivity index (χ3v) is 4.27. The first-order chi connectivity index (χ1) is 10.1. The molecule has 0 saturated heterocycles. The van der Waals surface area contributed by atoms with Gasteiger partial charge in [0.15, 0.2) is 0 Å². The third kappa shape index (κ3) is 2.73. The fourth-order valence-electron chi connectivity index (χ4n) is 2.21. The highest BCUT2D eigenvalue weighted by Crippen LogP contribution is 2.24. The Morgan fingerprint density at radius 3 is 2.48 bits per heavy atom. The molecule has 0 bridgehead atoms. The number of aromatic amines is 1. The number of halogens is 2. The number of nitrogens with one attached hydrogen (secondary N) is 1. The Hall–Kier alpha value is -1.66. The number of benzene rings is 2. The lowest BCUT2D eigenvalue weighted by Gasteiger charge is -2.08. The van der Waals surface area contributed by atoms with Crippen molar-refractivity contribution >= 4 is 42.8 Å². The lowest BCUT2D eigenvalue weighted by Crippen LogP contribution is -2.35. The van der Waals surface area contributed by atoms with Crippen LogP contribution >= 0.6 is 31.9 Å². The molecule has 1 heterocycles. The fraction of sp³-hybridized carbons (Fsp3) is 0.0667. The molecular formula is C15H10Br2N2O2. The molecule has 3 aromatic rings. The van der Waals surface area contributed by atoms with Crippen LogP contribution in [0.15, 0.2) is 61.0 Å². The number of hydrogen-bond acceptors (Lipinski definition) is 2. The Morgan fingerprint density at radius 1 is 1.05 bits per heavy atom. The van der Waals surface area contributed by atoms with Gasteiger partial charge < -0.3 is 4.98 Å². The van der Waals surface area contributed by atoms with Gasteiger partial charge in [-0.15, -0.1) is 0 Å². The van der Waals surface area contributed by atoms with Crippen LogP contribution in [-0.2, 0) is 6.54 Å². The third-order valence-electron chi connectivity index (χ3n) is 3.18. The number of hydrogen-bond donors (Lipinski definition) is 1. The molecule has 21 heavy (non-hydrogen) atoms. The standard InChI is InChI=1S/C15H10Br2N2O2/c16-10-6-11(17)13-12(7-10)18-15(21)19(14(13)20)8-9-4-2-1-3-5-9/h1-7H,8H2,(H,18,21). The van der Waals surface area contributed by atoms with Crippen LogP contribution in [0.4, 0.5) is 0 Å². The lowest BCUT2D eigenvalue weighted by molar-refractivity contribution is 0.711. The average molecular weight is 410 g/mol. The summed E-state index contributed by atoms with van der Waals surface area (Å²) in [5, 5.41) is 0.466. The van der Waals surface area contributed by atoms with Crippen LogP contribution in [-0.4, -0.2) is 9.55 Å². The van der Waals surface area contributed by atoms with Gasteiger partial charge in [0.05, 0.1) is 17.4 Å². The first kappa shape index (κ1) is 14.3. The molecule has 0 aliphatic heterocycles. The zero-order valence-corrected chi connectivity index (χ0v) is 13.9. The Morgan fingerprint density at radius 2 is 1.76 bits per heavy atom. The smallest absolute Gasteiger partial charge is 0.307 e. The van der Waals surface area contributed by atoms with Crippen LogP contribution in [0.1, 0.15) is 5.56 Å². The largest absolute Gasteiger partial charge is 0.329 e. The van der Waals surface area contributed by atoms with Crippen molar-refractivity contribution in [1.82, 2.24) is 9.55 Å².